The molecule has 0 aliphatic carbocycles. The van der Waals surface area contributed by atoms with Gasteiger partial charge in [0, 0.05) is 6.61 Å². The van der Waals surface area contributed by atoms with E-state index in [1.807, 2.05) is 0 Å². The van der Waals surface area contributed by atoms with Crippen LogP contribution in [0.25, 0.3) is 0 Å². The fourth-order valence-electron chi connectivity index (χ4n) is 1.05. The molecule has 0 aliphatic rings. The maximum absolute atomic E-state index is 10.9. The smallest absolute Gasteiger partial charge is 0.356 e. The van der Waals surface area contributed by atoms with Gasteiger partial charge in [0.25, 0.3) is 0 Å². The predicted molar refractivity (Wildman–Crippen MR) is 98.1 cm³/mol. The topological polar surface area (TPSA) is 98.6 Å². The van der Waals surface area contributed by atoms with E-state index in [1.54, 1.807) is 6.92 Å². The minimum atomic E-state index is -0.510. The normalized spacial score (nSPS) is 9.04. The first-order valence-electron chi connectivity index (χ1n) is 6.20. The van der Waals surface area contributed by atoms with Gasteiger partial charge < -0.3 is 14.6 Å². The molecule has 0 atom stereocenters. The van der Waals surface area contributed by atoms with Crippen LogP contribution in [0.3, 0.4) is 0 Å². The van der Waals surface area contributed by atoms with Crippen molar-refractivity contribution in [2.75, 3.05) is 20.8 Å². The largest absolute Gasteiger partial charge is 0.464 e. The molecule has 1 N–H and O–H groups in total. The van der Waals surface area contributed by atoms with Crippen molar-refractivity contribution in [1.29, 1.82) is 0 Å². The Hall–Kier alpha value is -1.23. The highest BCUT2D eigenvalue weighted by molar-refractivity contribution is 9.11. The molecule has 24 heavy (non-hydrogen) atoms. The molecule has 0 saturated carbocycles. The molecular weight excluding hydrogens is 418 g/mol. The molecule has 0 aromatic carbocycles. The molecule has 0 unspecified atom stereocenters. The molecule has 2 aromatic heterocycles. The summed E-state index contributed by atoms with van der Waals surface area (Å²) < 4.78 is 10.2. The molecule has 4 radical (unpaired) electrons. The number of carbonyl (C=O) groups excluding carboxylic acids is 2. The molecule has 0 bridgehead atoms. The molecule has 126 valence electrons. The van der Waals surface area contributed by atoms with E-state index in [2.05, 4.69) is 35.4 Å². The number of methoxy groups -OCH3 is 2. The SMILES string of the molecule is CCO.[B]c1sc(Br)nc1C(=O)OC.[B]c1scnc1C(=O)OC. The van der Waals surface area contributed by atoms with Crippen molar-refractivity contribution in [1.82, 2.24) is 9.97 Å². The summed E-state index contributed by atoms with van der Waals surface area (Å²) in [5, 5.41) is 7.57. The average Bonchev–Trinajstić information content (AvgIpc) is 3.12. The van der Waals surface area contributed by atoms with Crippen molar-refractivity contribution in [3.63, 3.8) is 0 Å². The number of rotatable bonds is 2. The lowest BCUT2D eigenvalue weighted by Crippen LogP contribution is -2.13. The lowest BCUT2D eigenvalue weighted by Gasteiger charge is -1.93. The Bertz CT molecular complexity index is 666. The van der Waals surface area contributed by atoms with Crippen LogP contribution in [0.2, 0.25) is 0 Å². The number of hydrogen-bond donors (Lipinski definition) is 1. The minimum absolute atomic E-state index is 0.171. The van der Waals surface area contributed by atoms with Crippen LogP contribution in [0.4, 0.5) is 0 Å². The van der Waals surface area contributed by atoms with Gasteiger partial charge in [-0.3, -0.25) is 0 Å². The molecule has 7 nitrogen and oxygen atoms in total. The molecule has 0 amide bonds. The van der Waals surface area contributed by atoms with Crippen molar-refractivity contribution < 1.29 is 24.2 Å². The maximum atomic E-state index is 10.9. The van der Waals surface area contributed by atoms with E-state index >= 15 is 0 Å². The lowest BCUT2D eigenvalue weighted by molar-refractivity contribution is 0.0587. The van der Waals surface area contributed by atoms with E-state index < -0.39 is 11.9 Å². The average molecular weight is 431 g/mol. The van der Waals surface area contributed by atoms with Crippen molar-refractivity contribution in [2.24, 2.45) is 0 Å². The summed E-state index contributed by atoms with van der Waals surface area (Å²) >= 11 is 5.51. The Morgan fingerprint density at radius 1 is 1.21 bits per heavy atom. The highest BCUT2D eigenvalue weighted by Crippen LogP contribution is 2.13. The van der Waals surface area contributed by atoms with Crippen molar-refractivity contribution in [3.8, 4) is 0 Å². The highest BCUT2D eigenvalue weighted by atomic mass is 79.9. The summed E-state index contributed by atoms with van der Waals surface area (Å²) in [6.45, 7) is 1.93. The Morgan fingerprint density at radius 3 is 2.04 bits per heavy atom. The second-order valence-corrected chi connectivity index (χ2v) is 6.74. The van der Waals surface area contributed by atoms with Gasteiger partial charge in [0.2, 0.25) is 0 Å². The van der Waals surface area contributed by atoms with Gasteiger partial charge in [-0.1, -0.05) is 0 Å². The van der Waals surface area contributed by atoms with E-state index in [4.69, 9.17) is 20.8 Å². The minimum Gasteiger partial charge on any atom is -0.464 e. The summed E-state index contributed by atoms with van der Waals surface area (Å²) in [6, 6.07) is 0. The fourth-order valence-corrected chi connectivity index (χ4v) is 2.82. The number of hydrogen-bond acceptors (Lipinski definition) is 9. The van der Waals surface area contributed by atoms with Gasteiger partial charge in [0.1, 0.15) is 15.7 Å². The molecule has 0 fully saturated rings. The van der Waals surface area contributed by atoms with E-state index in [1.165, 1.54) is 42.4 Å². The summed E-state index contributed by atoms with van der Waals surface area (Å²) in [7, 11) is 13.4. The van der Waals surface area contributed by atoms with Crippen LogP contribution < -0.4 is 9.55 Å². The van der Waals surface area contributed by atoms with E-state index in [9.17, 15) is 9.59 Å². The number of aromatic nitrogens is 2. The first kappa shape index (κ1) is 22.8. The van der Waals surface area contributed by atoms with E-state index in [-0.39, 0.29) is 18.0 Å². The lowest BCUT2D eigenvalue weighted by atomic mass is 10.1. The predicted octanol–water partition coefficient (Wildman–Crippen LogP) is 0.208. The molecule has 12 heteroatoms. The molecular formula is C12H13B2BrN2O5S2. The van der Waals surface area contributed by atoms with E-state index in [0.29, 0.717) is 13.5 Å². The number of aliphatic hydroxyl groups excluding tert-OH is 1. The van der Waals surface area contributed by atoms with Crippen LogP contribution in [0.1, 0.15) is 27.9 Å². The Morgan fingerprint density at radius 2 is 1.71 bits per heavy atom. The third-order valence-corrected chi connectivity index (χ3v) is 3.97. The van der Waals surface area contributed by atoms with Crippen molar-refractivity contribution in [2.45, 2.75) is 6.92 Å². The van der Waals surface area contributed by atoms with E-state index in [0.717, 1.165) is 0 Å². The summed E-state index contributed by atoms with van der Waals surface area (Å²) in [5.74, 6) is -0.997. The zero-order valence-electron chi connectivity index (χ0n) is 13.1. The number of thiazole rings is 2. The van der Waals surface area contributed by atoms with Crippen LogP contribution >= 0.6 is 38.6 Å². The van der Waals surface area contributed by atoms with Gasteiger partial charge in [0.15, 0.2) is 15.3 Å². The monoisotopic (exact) mass is 430 g/mol. The van der Waals surface area contributed by atoms with Crippen LogP contribution in [0, 0.1) is 0 Å². The Kier molecular flexibility index (Phi) is 11.6. The maximum Gasteiger partial charge on any atom is 0.356 e. The zero-order chi connectivity index (χ0) is 18.7. The number of ether oxygens (including phenoxy) is 2. The van der Waals surface area contributed by atoms with Crippen LogP contribution in [0.5, 0.6) is 0 Å². The first-order valence-corrected chi connectivity index (χ1v) is 8.69. The van der Waals surface area contributed by atoms with Crippen LogP contribution in [-0.4, -0.2) is 63.5 Å². The number of aliphatic hydroxyl groups is 1. The number of carbonyl (C=O) groups is 2. The summed E-state index contributed by atoms with van der Waals surface area (Å²) in [6.07, 6.45) is 0. The summed E-state index contributed by atoms with van der Waals surface area (Å²) in [5.41, 5.74) is 1.87. The quantitative estimate of drug-likeness (QED) is 0.537. The van der Waals surface area contributed by atoms with Crippen molar-refractivity contribution >= 4 is 75.8 Å². The van der Waals surface area contributed by atoms with Crippen LogP contribution in [0.15, 0.2) is 9.43 Å². The second-order valence-electron chi connectivity index (χ2n) is 3.54. The number of esters is 2. The fraction of sp³-hybridized carbons (Fsp3) is 0.333. The van der Waals surface area contributed by atoms with Crippen molar-refractivity contribution in [3.05, 3.63) is 20.8 Å². The van der Waals surface area contributed by atoms with Crippen LogP contribution in [-0.2, 0) is 9.47 Å². The zero-order valence-corrected chi connectivity index (χ0v) is 16.3. The number of halogens is 1. The van der Waals surface area contributed by atoms with Gasteiger partial charge in [-0.05, 0) is 32.4 Å². The first-order chi connectivity index (χ1) is 11.3. The summed E-state index contributed by atoms with van der Waals surface area (Å²) in [4.78, 5) is 29.1. The van der Waals surface area contributed by atoms with Gasteiger partial charge in [-0.25, -0.2) is 19.6 Å². The third-order valence-electron chi connectivity index (χ3n) is 1.98. The molecule has 0 saturated heterocycles. The molecule has 0 spiro atoms. The van der Waals surface area contributed by atoms with Gasteiger partial charge in [-0.15, -0.1) is 22.7 Å². The Balaban J connectivity index is 0.000000381. The molecule has 0 aliphatic heterocycles. The van der Waals surface area contributed by atoms with Gasteiger partial charge >= 0.3 is 11.9 Å². The second kappa shape index (κ2) is 12.2. The molecule has 2 aromatic rings. The van der Waals surface area contributed by atoms with Gasteiger partial charge in [-0.2, -0.15) is 0 Å². The van der Waals surface area contributed by atoms with Gasteiger partial charge in [0.05, 0.1) is 19.7 Å². The molecule has 2 heterocycles. The Labute approximate surface area is 158 Å². The highest BCUT2D eigenvalue weighted by Gasteiger charge is 2.13. The number of nitrogens with zero attached hydrogens (tertiary/aromatic N) is 2. The third kappa shape index (κ3) is 7.56. The standard InChI is InChI=1S/C5H3BBrNO2S.C5H4BNO2S.C2H6O/c1-10-4(9)2-3(6)11-5(7)8-2;1-9-5(8)3-4(6)10-2-7-3;1-2-3/h1H3;2H,1H3;3H,2H2,1H3. The molecule has 2 rings (SSSR count).